The second-order valence-corrected chi connectivity index (χ2v) is 9.32. The van der Waals surface area contributed by atoms with Crippen LogP contribution in [0.15, 0.2) is 71.8 Å². The maximum atomic E-state index is 11.7. The molecule has 1 N–H and O–H groups in total. The molecule has 0 fully saturated rings. The molecule has 4 aromatic rings. The number of rotatable bonds is 5. The molecule has 0 unspecified atom stereocenters. The molecule has 0 radical (unpaired) electrons. The molecule has 29 heavy (non-hydrogen) atoms. The monoisotopic (exact) mass is 406 g/mol. The molecule has 0 atom stereocenters. The van der Waals surface area contributed by atoms with Crippen molar-refractivity contribution >= 4 is 27.0 Å². The zero-order valence-electron chi connectivity index (χ0n) is 16.5. The third kappa shape index (κ3) is 3.86. The predicted octanol–water partition coefficient (Wildman–Crippen LogP) is 4.67. The third-order valence-corrected chi connectivity index (χ3v) is 5.87. The zero-order valence-corrected chi connectivity index (χ0v) is 17.3. The van der Waals surface area contributed by atoms with Gasteiger partial charge in [-0.1, -0.05) is 44.2 Å². The van der Waals surface area contributed by atoms with Crippen LogP contribution < -0.4 is 5.32 Å². The molecule has 0 bridgehead atoms. The van der Waals surface area contributed by atoms with Crippen LogP contribution in [0.2, 0.25) is 0 Å². The quantitative estimate of drug-likeness (QED) is 0.521. The first kappa shape index (κ1) is 19.1. The minimum Gasteiger partial charge on any atom is -0.340 e. The van der Waals surface area contributed by atoms with Crippen molar-refractivity contribution < 1.29 is 8.42 Å². The summed E-state index contributed by atoms with van der Waals surface area (Å²) in [5.74, 6) is 1.04. The lowest BCUT2D eigenvalue weighted by molar-refractivity contribution is 0.602. The number of hydrogen-bond donors (Lipinski definition) is 1. The number of anilines is 2. The Balaban J connectivity index is 1.82. The van der Waals surface area contributed by atoms with E-state index in [1.807, 2.05) is 42.6 Å². The average Bonchev–Trinajstić information content (AvgIpc) is 3.13. The minimum absolute atomic E-state index is 0.285. The Morgan fingerprint density at radius 3 is 2.31 bits per heavy atom. The average molecular weight is 407 g/mol. The van der Waals surface area contributed by atoms with Crippen molar-refractivity contribution in [2.75, 3.05) is 11.6 Å². The Morgan fingerprint density at radius 2 is 1.69 bits per heavy atom. The van der Waals surface area contributed by atoms with Gasteiger partial charge < -0.3 is 5.32 Å². The summed E-state index contributed by atoms with van der Waals surface area (Å²) < 4.78 is 25.2. The number of fused-ring (bicyclic) bond motifs is 1. The molecule has 0 saturated carbocycles. The van der Waals surface area contributed by atoms with Crippen LogP contribution in [0, 0.1) is 0 Å². The third-order valence-electron chi connectivity index (χ3n) is 4.75. The fourth-order valence-electron chi connectivity index (χ4n) is 3.17. The first-order valence-corrected chi connectivity index (χ1v) is 11.2. The van der Waals surface area contributed by atoms with Crippen LogP contribution in [0.5, 0.6) is 0 Å². The molecule has 0 spiro atoms. The Bertz CT molecular complexity index is 1260. The second kappa shape index (κ2) is 7.33. The maximum Gasteiger partial charge on any atom is 0.175 e. The minimum atomic E-state index is -3.23. The van der Waals surface area contributed by atoms with Crippen molar-refractivity contribution in [2.24, 2.45) is 0 Å². The normalized spacial score (nSPS) is 11.9. The van der Waals surface area contributed by atoms with Crippen molar-refractivity contribution in [3.05, 3.63) is 72.4 Å². The van der Waals surface area contributed by atoms with Crippen molar-refractivity contribution in [1.29, 1.82) is 0 Å². The summed E-state index contributed by atoms with van der Waals surface area (Å²) >= 11 is 0. The van der Waals surface area contributed by atoms with Gasteiger partial charge in [0.15, 0.2) is 15.5 Å². The van der Waals surface area contributed by atoms with Gasteiger partial charge in [0.25, 0.3) is 0 Å². The van der Waals surface area contributed by atoms with Gasteiger partial charge in [-0.15, -0.1) is 0 Å². The lowest BCUT2D eigenvalue weighted by atomic mass is 10.1. The molecule has 2 heterocycles. The van der Waals surface area contributed by atoms with E-state index in [0.29, 0.717) is 0 Å². The highest BCUT2D eigenvalue weighted by molar-refractivity contribution is 7.90. The molecule has 0 amide bonds. The van der Waals surface area contributed by atoms with E-state index in [2.05, 4.69) is 24.3 Å². The SMILES string of the molecule is CC(C)c1cnn2c(Nc3ccc(S(C)(=O)=O)cc3)cc(-c3ccccc3)nc12. The predicted molar refractivity (Wildman–Crippen MR) is 115 cm³/mol. The lowest BCUT2D eigenvalue weighted by Crippen LogP contribution is -2.04. The van der Waals surface area contributed by atoms with Gasteiger partial charge in [-0.05, 0) is 30.2 Å². The summed E-state index contributed by atoms with van der Waals surface area (Å²) in [5.41, 5.74) is 4.50. The summed E-state index contributed by atoms with van der Waals surface area (Å²) in [6.45, 7) is 4.23. The van der Waals surface area contributed by atoms with Crippen molar-refractivity contribution in [2.45, 2.75) is 24.7 Å². The van der Waals surface area contributed by atoms with Gasteiger partial charge in [0.05, 0.1) is 16.8 Å². The van der Waals surface area contributed by atoms with Crippen LogP contribution in [0.3, 0.4) is 0 Å². The standard InChI is InChI=1S/C22H22N4O2S/c1-15(2)19-14-23-26-21(24-17-9-11-18(12-10-17)29(3,27)28)13-20(25-22(19)26)16-7-5-4-6-8-16/h4-15,24H,1-3H3. The molecule has 7 heteroatoms. The van der Waals surface area contributed by atoms with E-state index in [1.165, 1.54) is 6.26 Å². The molecule has 2 aromatic carbocycles. The molecular weight excluding hydrogens is 384 g/mol. The smallest absolute Gasteiger partial charge is 0.175 e. The van der Waals surface area contributed by atoms with Crippen LogP contribution >= 0.6 is 0 Å². The van der Waals surface area contributed by atoms with Crippen molar-refractivity contribution in [1.82, 2.24) is 14.6 Å². The molecule has 2 aromatic heterocycles. The first-order chi connectivity index (χ1) is 13.8. The van der Waals surface area contributed by atoms with Crippen LogP contribution in [-0.4, -0.2) is 29.3 Å². The van der Waals surface area contributed by atoms with Gasteiger partial charge in [0.2, 0.25) is 0 Å². The molecular formula is C22H22N4O2S. The maximum absolute atomic E-state index is 11.7. The first-order valence-electron chi connectivity index (χ1n) is 9.34. The highest BCUT2D eigenvalue weighted by Gasteiger charge is 2.15. The fraction of sp³-hybridized carbons (Fsp3) is 0.182. The van der Waals surface area contributed by atoms with Crippen molar-refractivity contribution in [3.8, 4) is 11.3 Å². The Hall–Kier alpha value is -3.19. The molecule has 0 aliphatic heterocycles. The fourth-order valence-corrected chi connectivity index (χ4v) is 3.80. The molecule has 4 rings (SSSR count). The van der Waals surface area contributed by atoms with E-state index >= 15 is 0 Å². The summed E-state index contributed by atoms with van der Waals surface area (Å²) in [7, 11) is -3.23. The number of sulfone groups is 1. The van der Waals surface area contributed by atoms with E-state index < -0.39 is 9.84 Å². The largest absolute Gasteiger partial charge is 0.340 e. The van der Waals surface area contributed by atoms with Crippen LogP contribution in [0.4, 0.5) is 11.5 Å². The van der Waals surface area contributed by atoms with Crippen LogP contribution in [0.1, 0.15) is 25.3 Å². The summed E-state index contributed by atoms with van der Waals surface area (Å²) in [4.78, 5) is 5.14. The topological polar surface area (TPSA) is 76.4 Å². The molecule has 0 aliphatic rings. The number of nitrogens with one attached hydrogen (secondary N) is 1. The van der Waals surface area contributed by atoms with Crippen molar-refractivity contribution in [3.63, 3.8) is 0 Å². The number of hydrogen-bond acceptors (Lipinski definition) is 5. The summed E-state index contributed by atoms with van der Waals surface area (Å²) in [6.07, 6.45) is 3.05. The van der Waals surface area contributed by atoms with E-state index in [-0.39, 0.29) is 10.8 Å². The molecule has 0 saturated heterocycles. The van der Waals surface area contributed by atoms with Crippen LogP contribution in [-0.2, 0) is 9.84 Å². The highest BCUT2D eigenvalue weighted by atomic mass is 32.2. The molecule has 148 valence electrons. The Kier molecular flexibility index (Phi) is 4.84. The van der Waals surface area contributed by atoms with Gasteiger partial charge in [-0.3, -0.25) is 0 Å². The molecule has 6 nitrogen and oxygen atoms in total. The molecule has 0 aliphatic carbocycles. The highest BCUT2D eigenvalue weighted by Crippen LogP contribution is 2.28. The lowest BCUT2D eigenvalue weighted by Gasteiger charge is -2.12. The van der Waals surface area contributed by atoms with Gasteiger partial charge in [0, 0.05) is 29.1 Å². The van der Waals surface area contributed by atoms with E-state index in [9.17, 15) is 8.42 Å². The number of nitrogens with zero attached hydrogens (tertiary/aromatic N) is 3. The van der Waals surface area contributed by atoms with Gasteiger partial charge >= 0.3 is 0 Å². The van der Waals surface area contributed by atoms with Gasteiger partial charge in [-0.25, -0.2) is 13.4 Å². The Labute approximate surface area is 170 Å². The number of aromatic nitrogens is 3. The Morgan fingerprint density at radius 1 is 1.00 bits per heavy atom. The van der Waals surface area contributed by atoms with Crippen LogP contribution in [0.25, 0.3) is 16.9 Å². The summed E-state index contributed by atoms with van der Waals surface area (Å²) in [6, 6.07) is 18.6. The second-order valence-electron chi connectivity index (χ2n) is 7.30. The number of benzene rings is 2. The van der Waals surface area contributed by atoms with E-state index in [4.69, 9.17) is 4.98 Å². The summed E-state index contributed by atoms with van der Waals surface area (Å²) in [5, 5.41) is 7.88. The van der Waals surface area contributed by atoms with E-state index in [1.54, 1.807) is 28.8 Å². The zero-order chi connectivity index (χ0) is 20.6. The van der Waals surface area contributed by atoms with Gasteiger partial charge in [0.1, 0.15) is 5.82 Å². The van der Waals surface area contributed by atoms with E-state index in [0.717, 1.165) is 34.0 Å². The van der Waals surface area contributed by atoms with Gasteiger partial charge in [-0.2, -0.15) is 9.61 Å².